The van der Waals surface area contributed by atoms with Gasteiger partial charge in [0, 0.05) is 37.2 Å². The molecule has 1 aliphatic rings. The number of hydrogen-bond donors (Lipinski definition) is 1. The highest BCUT2D eigenvalue weighted by molar-refractivity contribution is 5.77. The summed E-state index contributed by atoms with van der Waals surface area (Å²) >= 11 is 0. The third-order valence-corrected chi connectivity index (χ3v) is 3.30. The SMILES string of the molecule is COCCN1C=C(c2ccc(-c3ncn[nH]3)cc2)N=CC1. The van der Waals surface area contributed by atoms with Crippen molar-refractivity contribution in [2.24, 2.45) is 4.99 Å². The van der Waals surface area contributed by atoms with Gasteiger partial charge >= 0.3 is 0 Å². The maximum absolute atomic E-state index is 5.11. The Morgan fingerprint density at radius 3 is 2.76 bits per heavy atom. The Morgan fingerprint density at radius 2 is 2.05 bits per heavy atom. The molecule has 3 rings (SSSR count). The van der Waals surface area contributed by atoms with Crippen LogP contribution in [0.3, 0.4) is 0 Å². The molecule has 0 saturated heterocycles. The summed E-state index contributed by atoms with van der Waals surface area (Å²) in [6.45, 7) is 2.40. The molecule has 0 saturated carbocycles. The Morgan fingerprint density at radius 1 is 1.24 bits per heavy atom. The minimum absolute atomic E-state index is 0.710. The van der Waals surface area contributed by atoms with Crippen LogP contribution in [0.4, 0.5) is 0 Å². The molecule has 1 aromatic carbocycles. The first-order valence-electron chi connectivity index (χ1n) is 6.80. The Kier molecular flexibility index (Phi) is 4.07. The van der Waals surface area contributed by atoms with Crippen molar-refractivity contribution in [3.63, 3.8) is 0 Å². The van der Waals surface area contributed by atoms with Gasteiger partial charge in [-0.05, 0) is 0 Å². The molecule has 6 nitrogen and oxygen atoms in total. The smallest absolute Gasteiger partial charge is 0.155 e. The van der Waals surface area contributed by atoms with Crippen molar-refractivity contribution in [1.29, 1.82) is 0 Å². The van der Waals surface area contributed by atoms with Gasteiger partial charge in [-0.2, -0.15) is 5.10 Å². The lowest BCUT2D eigenvalue weighted by molar-refractivity contribution is 0.175. The summed E-state index contributed by atoms with van der Waals surface area (Å²) in [5.74, 6) is 0.768. The average molecular weight is 283 g/mol. The highest BCUT2D eigenvalue weighted by Gasteiger charge is 2.09. The van der Waals surface area contributed by atoms with Crippen LogP contribution in [0.1, 0.15) is 5.56 Å². The third kappa shape index (κ3) is 3.17. The van der Waals surface area contributed by atoms with E-state index in [1.165, 1.54) is 6.33 Å². The second-order valence-electron chi connectivity index (χ2n) is 4.73. The molecular weight excluding hydrogens is 266 g/mol. The van der Waals surface area contributed by atoms with Gasteiger partial charge < -0.3 is 9.64 Å². The van der Waals surface area contributed by atoms with Crippen LogP contribution in [-0.2, 0) is 4.74 Å². The predicted octanol–water partition coefficient (Wildman–Crippen LogP) is 1.80. The van der Waals surface area contributed by atoms with Crippen molar-refractivity contribution in [2.75, 3.05) is 26.8 Å². The fourth-order valence-corrected chi connectivity index (χ4v) is 2.16. The summed E-state index contributed by atoms with van der Waals surface area (Å²) in [5.41, 5.74) is 3.05. The molecule has 1 aromatic heterocycles. The average Bonchev–Trinajstić information content (AvgIpc) is 3.08. The normalized spacial score (nSPS) is 14.3. The summed E-state index contributed by atoms with van der Waals surface area (Å²) in [4.78, 5) is 10.8. The number of nitrogens with one attached hydrogen (secondary N) is 1. The van der Waals surface area contributed by atoms with Crippen LogP contribution in [-0.4, -0.2) is 53.1 Å². The second kappa shape index (κ2) is 6.32. The van der Waals surface area contributed by atoms with Crippen molar-refractivity contribution < 1.29 is 4.74 Å². The van der Waals surface area contributed by atoms with Gasteiger partial charge in [-0.3, -0.25) is 10.1 Å². The van der Waals surface area contributed by atoms with Crippen LogP contribution in [0.25, 0.3) is 17.1 Å². The van der Waals surface area contributed by atoms with Crippen LogP contribution in [0.5, 0.6) is 0 Å². The summed E-state index contributed by atoms with van der Waals surface area (Å²) in [6, 6.07) is 8.11. The van der Waals surface area contributed by atoms with E-state index in [0.29, 0.717) is 6.61 Å². The molecule has 0 bridgehead atoms. The van der Waals surface area contributed by atoms with Gasteiger partial charge in [0.1, 0.15) is 6.33 Å². The molecule has 0 spiro atoms. The van der Waals surface area contributed by atoms with E-state index >= 15 is 0 Å². The number of rotatable bonds is 5. The van der Waals surface area contributed by atoms with Gasteiger partial charge in [0.25, 0.3) is 0 Å². The van der Waals surface area contributed by atoms with Gasteiger partial charge in [0.05, 0.1) is 18.8 Å². The highest BCUT2D eigenvalue weighted by Crippen LogP contribution is 2.22. The van der Waals surface area contributed by atoms with Gasteiger partial charge in [0.15, 0.2) is 5.82 Å². The molecule has 108 valence electrons. The lowest BCUT2D eigenvalue weighted by Crippen LogP contribution is -2.26. The van der Waals surface area contributed by atoms with E-state index in [9.17, 15) is 0 Å². The zero-order valence-electron chi connectivity index (χ0n) is 11.9. The first kappa shape index (κ1) is 13.5. The standard InChI is InChI=1S/C15H17N5O/c1-21-9-8-20-7-6-16-14(10-20)12-2-4-13(5-3-12)15-17-11-18-19-15/h2-6,10-11H,7-9H2,1H3,(H,17,18,19). The Bertz CT molecular complexity index is 631. The van der Waals surface area contributed by atoms with Gasteiger partial charge in [-0.1, -0.05) is 24.3 Å². The van der Waals surface area contributed by atoms with Gasteiger partial charge in [0.2, 0.25) is 0 Å². The molecule has 0 aliphatic carbocycles. The number of hydrogen-bond acceptors (Lipinski definition) is 5. The molecule has 6 heteroatoms. The molecule has 1 N–H and O–H groups in total. The molecule has 21 heavy (non-hydrogen) atoms. The van der Waals surface area contributed by atoms with Crippen molar-refractivity contribution in [2.45, 2.75) is 0 Å². The van der Waals surface area contributed by atoms with E-state index in [2.05, 4.69) is 31.3 Å². The number of aliphatic imine (C=N–C) groups is 1. The minimum atomic E-state index is 0.710. The fraction of sp³-hybridized carbons (Fsp3) is 0.267. The van der Waals surface area contributed by atoms with Crippen LogP contribution in [0.15, 0.2) is 41.8 Å². The summed E-state index contributed by atoms with van der Waals surface area (Å²) < 4.78 is 5.11. The largest absolute Gasteiger partial charge is 0.383 e. The van der Waals surface area contributed by atoms with Crippen molar-refractivity contribution >= 4 is 11.9 Å². The van der Waals surface area contributed by atoms with E-state index in [-0.39, 0.29) is 0 Å². The Balaban J connectivity index is 1.77. The van der Waals surface area contributed by atoms with Crippen LogP contribution in [0.2, 0.25) is 0 Å². The monoisotopic (exact) mass is 283 g/mol. The van der Waals surface area contributed by atoms with Crippen molar-refractivity contribution in [3.8, 4) is 11.4 Å². The van der Waals surface area contributed by atoms with E-state index in [4.69, 9.17) is 4.74 Å². The predicted molar refractivity (Wildman–Crippen MR) is 81.7 cm³/mol. The lowest BCUT2D eigenvalue weighted by atomic mass is 10.1. The number of benzene rings is 1. The summed E-state index contributed by atoms with van der Waals surface area (Å²) in [7, 11) is 1.71. The van der Waals surface area contributed by atoms with Crippen molar-refractivity contribution in [3.05, 3.63) is 42.4 Å². The van der Waals surface area contributed by atoms with Crippen molar-refractivity contribution in [1.82, 2.24) is 20.1 Å². The molecule has 0 amide bonds. The number of methoxy groups -OCH3 is 1. The van der Waals surface area contributed by atoms with E-state index in [1.54, 1.807) is 7.11 Å². The molecule has 2 heterocycles. The maximum Gasteiger partial charge on any atom is 0.155 e. The van der Waals surface area contributed by atoms with Crippen LogP contribution >= 0.6 is 0 Å². The number of H-pyrrole nitrogens is 1. The van der Waals surface area contributed by atoms with E-state index in [0.717, 1.165) is 35.7 Å². The molecule has 1 aliphatic heterocycles. The number of ether oxygens (including phenoxy) is 1. The fourth-order valence-electron chi connectivity index (χ4n) is 2.16. The first-order valence-corrected chi connectivity index (χ1v) is 6.80. The number of aromatic amines is 1. The molecule has 0 atom stereocenters. The zero-order valence-corrected chi connectivity index (χ0v) is 11.9. The molecule has 0 radical (unpaired) electrons. The van der Waals surface area contributed by atoms with Crippen LogP contribution < -0.4 is 0 Å². The van der Waals surface area contributed by atoms with Gasteiger partial charge in [-0.15, -0.1) is 0 Å². The minimum Gasteiger partial charge on any atom is -0.383 e. The number of nitrogens with zero attached hydrogens (tertiary/aromatic N) is 4. The van der Waals surface area contributed by atoms with E-state index < -0.39 is 0 Å². The zero-order chi connectivity index (χ0) is 14.5. The lowest BCUT2D eigenvalue weighted by Gasteiger charge is -2.22. The maximum atomic E-state index is 5.11. The summed E-state index contributed by atoms with van der Waals surface area (Å²) in [6.07, 6.45) is 5.50. The first-order chi connectivity index (χ1) is 10.4. The molecule has 0 unspecified atom stereocenters. The highest BCUT2D eigenvalue weighted by atomic mass is 16.5. The van der Waals surface area contributed by atoms with E-state index in [1.807, 2.05) is 30.5 Å². The molecule has 2 aromatic rings. The summed E-state index contributed by atoms with van der Waals surface area (Å²) in [5, 5.41) is 6.71. The quantitative estimate of drug-likeness (QED) is 0.908. The Labute approximate surface area is 123 Å². The molecular formula is C15H17N5O. The topological polar surface area (TPSA) is 66.4 Å². The van der Waals surface area contributed by atoms with Gasteiger partial charge in [-0.25, -0.2) is 4.98 Å². The Hall–Kier alpha value is -2.47. The third-order valence-electron chi connectivity index (χ3n) is 3.30. The number of aromatic nitrogens is 3. The van der Waals surface area contributed by atoms with Crippen LogP contribution in [0, 0.1) is 0 Å². The molecule has 0 fully saturated rings. The second-order valence-corrected chi connectivity index (χ2v) is 4.73.